The van der Waals surface area contributed by atoms with Crippen LogP contribution in [0.1, 0.15) is 16.7 Å². The maximum absolute atomic E-state index is 2.26. The Hall–Kier alpha value is -1.56. The third kappa shape index (κ3) is 1.15. The minimum Gasteiger partial charge on any atom is -0.0798 e. The van der Waals surface area contributed by atoms with E-state index in [2.05, 4.69) is 48.6 Å². The highest BCUT2D eigenvalue weighted by Crippen LogP contribution is 2.26. The highest BCUT2D eigenvalue weighted by Gasteiger charge is 2.10. The molecule has 0 saturated carbocycles. The quantitative estimate of drug-likeness (QED) is 0.574. The van der Waals surface area contributed by atoms with Crippen LogP contribution in [0, 0.1) is 0 Å². The molecule has 2 aliphatic carbocycles. The van der Waals surface area contributed by atoms with E-state index >= 15 is 0 Å². The second-order valence-corrected chi connectivity index (χ2v) is 3.87. The van der Waals surface area contributed by atoms with Crippen molar-refractivity contribution in [3.05, 3.63) is 64.8 Å². The molecule has 0 amide bonds. The molecular weight excluding hydrogens is 168 g/mol. The molecule has 0 unspecified atom stereocenters. The predicted octanol–water partition coefficient (Wildman–Crippen LogP) is 3.29. The van der Waals surface area contributed by atoms with Crippen LogP contribution in [0.15, 0.2) is 48.1 Å². The van der Waals surface area contributed by atoms with E-state index in [4.69, 9.17) is 0 Å². The molecule has 2 aliphatic rings. The highest BCUT2D eigenvalue weighted by molar-refractivity contribution is 5.63. The van der Waals surface area contributed by atoms with Crippen LogP contribution in [0.5, 0.6) is 0 Å². The second kappa shape index (κ2) is 2.98. The smallest absolute Gasteiger partial charge is 0.00198 e. The molecule has 0 N–H and O–H groups in total. The minimum atomic E-state index is 1.06. The first-order valence-corrected chi connectivity index (χ1v) is 5.08. The van der Waals surface area contributed by atoms with Crippen molar-refractivity contribution in [3.63, 3.8) is 0 Å². The molecule has 0 radical (unpaired) electrons. The van der Waals surface area contributed by atoms with Crippen LogP contribution < -0.4 is 0 Å². The number of fused-ring (bicyclic) bond motifs is 1. The summed E-state index contributed by atoms with van der Waals surface area (Å²) in [6.45, 7) is 0. The molecule has 0 heteroatoms. The Morgan fingerprint density at radius 2 is 1.93 bits per heavy atom. The Balaban J connectivity index is 2.32. The van der Waals surface area contributed by atoms with Gasteiger partial charge in [0.1, 0.15) is 0 Å². The molecule has 0 spiro atoms. The summed E-state index contributed by atoms with van der Waals surface area (Å²) in [6.07, 6.45) is 13.3. The van der Waals surface area contributed by atoms with E-state index in [-0.39, 0.29) is 0 Å². The van der Waals surface area contributed by atoms with E-state index in [9.17, 15) is 0 Å². The number of allylic oxidation sites excluding steroid dienone is 5. The predicted molar refractivity (Wildman–Crippen MR) is 60.1 cm³/mol. The van der Waals surface area contributed by atoms with Crippen LogP contribution in [0.3, 0.4) is 0 Å². The van der Waals surface area contributed by atoms with E-state index in [0.29, 0.717) is 0 Å². The van der Waals surface area contributed by atoms with Crippen molar-refractivity contribution in [1.82, 2.24) is 0 Å². The molecule has 1 aromatic rings. The van der Waals surface area contributed by atoms with Crippen LogP contribution in [0.25, 0.3) is 6.08 Å². The Morgan fingerprint density at radius 1 is 1.00 bits per heavy atom. The maximum atomic E-state index is 2.26. The molecule has 0 fully saturated rings. The van der Waals surface area contributed by atoms with E-state index < -0.39 is 0 Å². The molecule has 0 aliphatic heterocycles. The molecule has 0 atom stereocenters. The fraction of sp³-hybridized carbons (Fsp3) is 0.143. The molecule has 1 aromatic carbocycles. The van der Waals surface area contributed by atoms with Gasteiger partial charge in [-0.3, -0.25) is 0 Å². The van der Waals surface area contributed by atoms with Crippen LogP contribution in [0.4, 0.5) is 0 Å². The summed E-state index contributed by atoms with van der Waals surface area (Å²) in [5.74, 6) is 0. The second-order valence-electron chi connectivity index (χ2n) is 3.87. The number of rotatable bonds is 0. The van der Waals surface area contributed by atoms with E-state index in [1.807, 2.05) is 0 Å². The van der Waals surface area contributed by atoms with Crippen molar-refractivity contribution in [2.45, 2.75) is 12.8 Å². The lowest BCUT2D eigenvalue weighted by Crippen LogP contribution is -1.98. The third-order valence-electron chi connectivity index (χ3n) is 2.92. The van der Waals surface area contributed by atoms with Gasteiger partial charge in [-0.2, -0.15) is 0 Å². The highest BCUT2D eigenvalue weighted by atomic mass is 14.1. The maximum Gasteiger partial charge on any atom is -0.00198 e. The summed E-state index contributed by atoms with van der Waals surface area (Å²) in [5, 5.41) is 0. The monoisotopic (exact) mass is 180 g/mol. The van der Waals surface area contributed by atoms with Crippen molar-refractivity contribution in [3.8, 4) is 0 Å². The summed E-state index contributed by atoms with van der Waals surface area (Å²) in [5.41, 5.74) is 5.76. The Bertz CT molecular complexity index is 459. The van der Waals surface area contributed by atoms with E-state index in [1.165, 1.54) is 22.3 Å². The Kier molecular flexibility index (Phi) is 1.66. The van der Waals surface area contributed by atoms with Crippen molar-refractivity contribution in [1.29, 1.82) is 0 Å². The summed E-state index contributed by atoms with van der Waals surface area (Å²) in [4.78, 5) is 0. The van der Waals surface area contributed by atoms with E-state index in [0.717, 1.165) is 12.8 Å². The van der Waals surface area contributed by atoms with Gasteiger partial charge in [0.25, 0.3) is 0 Å². The topological polar surface area (TPSA) is 0 Å². The van der Waals surface area contributed by atoms with Gasteiger partial charge in [0, 0.05) is 0 Å². The molecule has 68 valence electrons. The summed E-state index contributed by atoms with van der Waals surface area (Å²) in [6, 6.07) is 6.63. The number of benzene rings is 1. The van der Waals surface area contributed by atoms with Crippen LogP contribution >= 0.6 is 0 Å². The van der Waals surface area contributed by atoms with Crippen LogP contribution in [-0.4, -0.2) is 0 Å². The fourth-order valence-corrected chi connectivity index (χ4v) is 2.21. The molecule has 14 heavy (non-hydrogen) atoms. The summed E-state index contributed by atoms with van der Waals surface area (Å²) in [7, 11) is 0. The minimum absolute atomic E-state index is 1.06. The molecule has 0 aromatic heterocycles. The van der Waals surface area contributed by atoms with Gasteiger partial charge in [-0.05, 0) is 35.1 Å². The van der Waals surface area contributed by atoms with Gasteiger partial charge in [0.2, 0.25) is 0 Å². The normalized spacial score (nSPS) is 19.6. The average Bonchev–Trinajstić information content (AvgIpc) is 2.34. The summed E-state index contributed by atoms with van der Waals surface area (Å²) >= 11 is 0. The Morgan fingerprint density at radius 3 is 2.93 bits per heavy atom. The first kappa shape index (κ1) is 7.81. The molecule has 0 heterocycles. The fourth-order valence-electron chi connectivity index (χ4n) is 2.21. The van der Waals surface area contributed by atoms with Crippen molar-refractivity contribution < 1.29 is 0 Å². The zero-order chi connectivity index (χ0) is 9.38. The first-order chi connectivity index (χ1) is 6.93. The third-order valence-corrected chi connectivity index (χ3v) is 2.92. The van der Waals surface area contributed by atoms with Crippen molar-refractivity contribution in [2.24, 2.45) is 0 Å². The molecule has 0 saturated heterocycles. The van der Waals surface area contributed by atoms with Crippen molar-refractivity contribution in [2.75, 3.05) is 0 Å². The van der Waals surface area contributed by atoms with Gasteiger partial charge >= 0.3 is 0 Å². The lowest BCUT2D eigenvalue weighted by molar-refractivity contribution is 1.13. The largest absolute Gasteiger partial charge is 0.0798 e. The first-order valence-electron chi connectivity index (χ1n) is 5.08. The molecule has 4 bridgehead atoms. The summed E-state index contributed by atoms with van der Waals surface area (Å²) < 4.78 is 0. The van der Waals surface area contributed by atoms with Gasteiger partial charge in [-0.25, -0.2) is 0 Å². The average molecular weight is 180 g/mol. The van der Waals surface area contributed by atoms with E-state index in [1.54, 1.807) is 0 Å². The zero-order valence-electron chi connectivity index (χ0n) is 8.03. The molecule has 3 rings (SSSR count). The number of hydrogen-bond donors (Lipinski definition) is 0. The SMILES string of the molecule is C1=Cc2c3cccc2CC(=C1)/C=C\C3. The van der Waals surface area contributed by atoms with Gasteiger partial charge in [-0.1, -0.05) is 48.6 Å². The molecule has 0 nitrogen and oxygen atoms in total. The van der Waals surface area contributed by atoms with Crippen LogP contribution in [0.2, 0.25) is 0 Å². The Labute approximate surface area is 84.3 Å². The molecular formula is C14H12. The van der Waals surface area contributed by atoms with Gasteiger partial charge in [0.15, 0.2) is 0 Å². The lowest BCUT2D eigenvalue weighted by Gasteiger charge is -2.12. The van der Waals surface area contributed by atoms with Gasteiger partial charge < -0.3 is 0 Å². The van der Waals surface area contributed by atoms with Gasteiger partial charge in [0.05, 0.1) is 0 Å². The zero-order valence-corrected chi connectivity index (χ0v) is 8.03. The van der Waals surface area contributed by atoms with Gasteiger partial charge in [-0.15, -0.1) is 0 Å². The van der Waals surface area contributed by atoms with Crippen LogP contribution in [-0.2, 0) is 12.8 Å². The lowest BCUT2D eigenvalue weighted by atomic mass is 9.93. The van der Waals surface area contributed by atoms with Crippen molar-refractivity contribution >= 4 is 6.08 Å². The number of hydrogen-bond acceptors (Lipinski definition) is 0. The standard InChI is InChI=1S/C14H12/c1-4-11-5-2-9-14-12(6-1)7-3-8-13(14)10-11/h1-5,7-9H,6,10H2/b4-1-.